The van der Waals surface area contributed by atoms with E-state index in [4.69, 9.17) is 5.11 Å². The number of nitrogens with zero attached hydrogens (tertiary/aromatic N) is 2. The summed E-state index contributed by atoms with van der Waals surface area (Å²) in [6.07, 6.45) is 1.09. The number of aromatic carboxylic acids is 1. The first-order valence-corrected chi connectivity index (χ1v) is 7.47. The number of benzene rings is 1. The molecule has 2 aromatic rings. The maximum absolute atomic E-state index is 11.6. The molecule has 8 heteroatoms. The molecule has 1 aromatic heterocycles. The van der Waals surface area contributed by atoms with Crippen molar-refractivity contribution in [3.8, 4) is 11.3 Å². The van der Waals surface area contributed by atoms with E-state index in [1.54, 1.807) is 24.3 Å². The minimum atomic E-state index is -3.42. The van der Waals surface area contributed by atoms with Gasteiger partial charge in [-0.05, 0) is 12.1 Å². The van der Waals surface area contributed by atoms with E-state index in [0.29, 0.717) is 16.9 Å². The predicted molar refractivity (Wildman–Crippen MR) is 74.2 cm³/mol. The quantitative estimate of drug-likeness (QED) is 0.881. The highest BCUT2D eigenvalue weighted by atomic mass is 32.2. The fourth-order valence-corrected chi connectivity index (χ4v) is 2.23. The van der Waals surface area contributed by atoms with Gasteiger partial charge in [0.25, 0.3) is 0 Å². The molecular weight excluding hydrogens is 282 g/mol. The second-order valence-electron chi connectivity index (χ2n) is 4.22. The molecule has 1 heterocycles. The Balaban J connectivity index is 2.55. The molecule has 1 aromatic carbocycles. The SMILES string of the molecule is CN(c1ccccc1-c1cc(C(=O)O)[nH]n1)S(C)(=O)=O. The van der Waals surface area contributed by atoms with Gasteiger partial charge in [-0.25, -0.2) is 13.2 Å². The van der Waals surface area contributed by atoms with Crippen LogP contribution in [0.1, 0.15) is 10.5 Å². The van der Waals surface area contributed by atoms with Crippen LogP contribution in [-0.2, 0) is 10.0 Å². The maximum Gasteiger partial charge on any atom is 0.353 e. The molecule has 2 N–H and O–H groups in total. The molecule has 0 aliphatic heterocycles. The number of hydrogen-bond acceptors (Lipinski definition) is 4. The number of anilines is 1. The van der Waals surface area contributed by atoms with Gasteiger partial charge < -0.3 is 5.11 Å². The molecule has 0 spiro atoms. The lowest BCUT2D eigenvalue weighted by Gasteiger charge is -2.19. The number of nitrogens with one attached hydrogen (secondary N) is 1. The van der Waals surface area contributed by atoms with Crippen LogP contribution in [0.2, 0.25) is 0 Å². The van der Waals surface area contributed by atoms with E-state index < -0.39 is 16.0 Å². The number of aromatic nitrogens is 2. The van der Waals surface area contributed by atoms with Crippen LogP contribution in [-0.4, -0.2) is 43.0 Å². The highest BCUT2D eigenvalue weighted by molar-refractivity contribution is 7.92. The highest BCUT2D eigenvalue weighted by Crippen LogP contribution is 2.30. The molecule has 0 atom stereocenters. The van der Waals surface area contributed by atoms with Crippen LogP contribution in [0.5, 0.6) is 0 Å². The Kier molecular flexibility index (Phi) is 3.49. The largest absolute Gasteiger partial charge is 0.477 e. The first-order chi connectivity index (χ1) is 9.30. The standard InChI is InChI=1S/C12H13N3O4S/c1-15(20(2,18)19)11-6-4-3-5-8(11)9-7-10(12(16)17)14-13-9/h3-7H,1-2H3,(H,13,14)(H,16,17). The van der Waals surface area contributed by atoms with E-state index in [-0.39, 0.29) is 5.69 Å². The van der Waals surface area contributed by atoms with Crippen LogP contribution in [0, 0.1) is 0 Å². The van der Waals surface area contributed by atoms with Crippen molar-refractivity contribution in [3.63, 3.8) is 0 Å². The van der Waals surface area contributed by atoms with E-state index >= 15 is 0 Å². The van der Waals surface area contributed by atoms with Gasteiger partial charge >= 0.3 is 5.97 Å². The van der Waals surface area contributed by atoms with Gasteiger partial charge in [0.1, 0.15) is 5.69 Å². The predicted octanol–water partition coefficient (Wildman–Crippen LogP) is 1.17. The van der Waals surface area contributed by atoms with Crippen molar-refractivity contribution in [1.29, 1.82) is 0 Å². The number of H-pyrrole nitrogens is 1. The molecule has 0 radical (unpaired) electrons. The number of carbonyl (C=O) groups is 1. The summed E-state index contributed by atoms with van der Waals surface area (Å²) in [5.41, 5.74) is 1.27. The van der Waals surface area contributed by atoms with Crippen molar-refractivity contribution in [3.05, 3.63) is 36.0 Å². The summed E-state index contributed by atoms with van der Waals surface area (Å²) in [4.78, 5) is 10.8. The summed E-state index contributed by atoms with van der Waals surface area (Å²) < 4.78 is 24.4. The number of carboxylic acids is 1. The first-order valence-electron chi connectivity index (χ1n) is 5.62. The smallest absolute Gasteiger partial charge is 0.353 e. The zero-order valence-corrected chi connectivity index (χ0v) is 11.7. The fraction of sp³-hybridized carbons (Fsp3) is 0.167. The Labute approximate surface area is 115 Å². The van der Waals surface area contributed by atoms with E-state index in [9.17, 15) is 13.2 Å². The summed E-state index contributed by atoms with van der Waals surface area (Å²) in [5.74, 6) is -1.13. The second kappa shape index (κ2) is 4.97. The fourth-order valence-electron chi connectivity index (χ4n) is 1.71. The average Bonchev–Trinajstić information content (AvgIpc) is 2.86. The lowest BCUT2D eigenvalue weighted by atomic mass is 10.1. The van der Waals surface area contributed by atoms with Crippen LogP contribution >= 0.6 is 0 Å². The molecule has 0 saturated heterocycles. The van der Waals surface area contributed by atoms with Gasteiger partial charge in [0, 0.05) is 12.6 Å². The van der Waals surface area contributed by atoms with Crippen molar-refractivity contribution < 1.29 is 18.3 Å². The van der Waals surface area contributed by atoms with Gasteiger partial charge in [-0.3, -0.25) is 9.40 Å². The zero-order chi connectivity index (χ0) is 14.9. The van der Waals surface area contributed by atoms with Crippen LogP contribution in [0.15, 0.2) is 30.3 Å². The number of hydrogen-bond donors (Lipinski definition) is 2. The van der Waals surface area contributed by atoms with Crippen LogP contribution < -0.4 is 4.31 Å². The van der Waals surface area contributed by atoms with Crippen LogP contribution in [0.3, 0.4) is 0 Å². The number of rotatable bonds is 4. The lowest BCUT2D eigenvalue weighted by molar-refractivity contribution is 0.0690. The summed E-state index contributed by atoms with van der Waals surface area (Å²) in [5, 5.41) is 15.2. The van der Waals surface area contributed by atoms with Crippen LogP contribution in [0.4, 0.5) is 5.69 Å². The third-order valence-electron chi connectivity index (χ3n) is 2.82. The molecule has 0 unspecified atom stereocenters. The van der Waals surface area contributed by atoms with Crippen molar-refractivity contribution >= 4 is 21.7 Å². The van der Waals surface area contributed by atoms with Gasteiger partial charge in [0.2, 0.25) is 10.0 Å². The summed E-state index contributed by atoms with van der Waals surface area (Å²) in [7, 11) is -1.99. The normalized spacial score (nSPS) is 11.3. The summed E-state index contributed by atoms with van der Waals surface area (Å²) in [6, 6.07) is 8.09. The van der Waals surface area contributed by atoms with Crippen molar-refractivity contribution in [2.75, 3.05) is 17.6 Å². The van der Waals surface area contributed by atoms with Crippen molar-refractivity contribution in [2.24, 2.45) is 0 Å². The number of sulfonamides is 1. The van der Waals surface area contributed by atoms with Gasteiger partial charge in [0.05, 0.1) is 17.6 Å². The Morgan fingerprint density at radius 3 is 2.55 bits per heavy atom. The second-order valence-corrected chi connectivity index (χ2v) is 6.23. The molecule has 2 rings (SSSR count). The minimum Gasteiger partial charge on any atom is -0.477 e. The van der Waals surface area contributed by atoms with Gasteiger partial charge in [0.15, 0.2) is 0 Å². The van der Waals surface area contributed by atoms with E-state index in [0.717, 1.165) is 10.6 Å². The third-order valence-corrected chi connectivity index (χ3v) is 4.02. The highest BCUT2D eigenvalue weighted by Gasteiger charge is 2.18. The average molecular weight is 295 g/mol. The third kappa shape index (κ3) is 2.64. The maximum atomic E-state index is 11.6. The molecule has 106 valence electrons. The van der Waals surface area contributed by atoms with Gasteiger partial charge in [-0.1, -0.05) is 18.2 Å². The molecule has 0 fully saturated rings. The number of carboxylic acid groups (broad SMARTS) is 1. The van der Waals surface area contributed by atoms with Gasteiger partial charge in [-0.2, -0.15) is 5.10 Å². The van der Waals surface area contributed by atoms with Gasteiger partial charge in [-0.15, -0.1) is 0 Å². The van der Waals surface area contributed by atoms with Crippen molar-refractivity contribution in [2.45, 2.75) is 0 Å². The van der Waals surface area contributed by atoms with E-state index in [1.807, 2.05) is 0 Å². The summed E-state index contributed by atoms with van der Waals surface area (Å²) in [6.45, 7) is 0. The molecule has 7 nitrogen and oxygen atoms in total. The molecular formula is C12H13N3O4S. The Morgan fingerprint density at radius 2 is 2.00 bits per heavy atom. The van der Waals surface area contributed by atoms with E-state index in [2.05, 4.69) is 10.2 Å². The van der Waals surface area contributed by atoms with Crippen molar-refractivity contribution in [1.82, 2.24) is 10.2 Å². The Morgan fingerprint density at radius 1 is 1.35 bits per heavy atom. The minimum absolute atomic E-state index is 0.0585. The summed E-state index contributed by atoms with van der Waals surface area (Å²) >= 11 is 0. The lowest BCUT2D eigenvalue weighted by Crippen LogP contribution is -2.25. The Bertz CT molecular complexity index is 752. The molecule has 0 amide bonds. The van der Waals surface area contributed by atoms with E-state index in [1.165, 1.54) is 13.1 Å². The topological polar surface area (TPSA) is 103 Å². The molecule has 0 aliphatic rings. The van der Waals surface area contributed by atoms with Crippen LogP contribution in [0.25, 0.3) is 11.3 Å². The zero-order valence-electron chi connectivity index (χ0n) is 10.9. The molecule has 0 saturated carbocycles. The number of para-hydroxylation sites is 1. The molecule has 20 heavy (non-hydrogen) atoms. The molecule has 0 aliphatic carbocycles. The first kappa shape index (κ1) is 14.1. The monoisotopic (exact) mass is 295 g/mol. The Hall–Kier alpha value is -2.35. The number of aromatic amines is 1. The molecule has 0 bridgehead atoms.